The van der Waals surface area contributed by atoms with Crippen LogP contribution in [0.15, 0.2) is 18.2 Å². The fourth-order valence-corrected chi connectivity index (χ4v) is 1.98. The Bertz CT molecular complexity index is 794. The third kappa shape index (κ3) is 6.74. The molecule has 0 bridgehead atoms. The Morgan fingerprint density at radius 2 is 1.93 bits per heavy atom. The lowest BCUT2D eigenvalue weighted by Gasteiger charge is -2.10. The zero-order valence-electron chi connectivity index (χ0n) is 14.2. The SMILES string of the molecule is O=C(COC(=O)c1ccc(NC2CC2)c([N+](=O)[O-])c1)NC(=O)NCC(F)(F)F. The van der Waals surface area contributed by atoms with E-state index in [1.54, 1.807) is 5.32 Å². The highest BCUT2D eigenvalue weighted by molar-refractivity contribution is 5.97. The second-order valence-electron chi connectivity index (χ2n) is 5.83. The Hall–Kier alpha value is -3.38. The summed E-state index contributed by atoms with van der Waals surface area (Å²) in [5.74, 6) is -2.25. The van der Waals surface area contributed by atoms with Crippen molar-refractivity contribution in [2.45, 2.75) is 25.1 Å². The van der Waals surface area contributed by atoms with E-state index in [4.69, 9.17) is 0 Å². The van der Waals surface area contributed by atoms with Gasteiger partial charge in [0.25, 0.3) is 11.6 Å². The van der Waals surface area contributed by atoms with E-state index in [1.165, 1.54) is 17.4 Å². The summed E-state index contributed by atoms with van der Waals surface area (Å²) in [5, 5.41) is 17.0. The van der Waals surface area contributed by atoms with Crippen LogP contribution in [0.25, 0.3) is 0 Å². The van der Waals surface area contributed by atoms with Crippen molar-refractivity contribution in [1.82, 2.24) is 10.6 Å². The molecule has 3 N–H and O–H groups in total. The van der Waals surface area contributed by atoms with Crippen LogP contribution in [0.2, 0.25) is 0 Å². The molecule has 0 unspecified atom stereocenters. The molecule has 10 nitrogen and oxygen atoms in total. The van der Waals surface area contributed by atoms with Crippen molar-refractivity contribution in [1.29, 1.82) is 0 Å². The van der Waals surface area contributed by atoms with Gasteiger partial charge in [-0.2, -0.15) is 13.2 Å². The van der Waals surface area contributed by atoms with Gasteiger partial charge in [-0.15, -0.1) is 0 Å². The summed E-state index contributed by atoms with van der Waals surface area (Å²) in [4.78, 5) is 44.9. The quantitative estimate of drug-likeness (QED) is 0.357. The van der Waals surface area contributed by atoms with E-state index in [0.29, 0.717) is 0 Å². The van der Waals surface area contributed by atoms with Crippen molar-refractivity contribution in [3.8, 4) is 0 Å². The molecule has 3 amide bonds. The van der Waals surface area contributed by atoms with Gasteiger partial charge in [-0.3, -0.25) is 20.2 Å². The van der Waals surface area contributed by atoms with Crippen LogP contribution in [0.5, 0.6) is 0 Å². The number of hydrogen-bond donors (Lipinski definition) is 3. The molecule has 28 heavy (non-hydrogen) atoms. The second kappa shape index (κ2) is 8.54. The zero-order valence-corrected chi connectivity index (χ0v) is 14.2. The van der Waals surface area contributed by atoms with E-state index in [1.807, 2.05) is 0 Å². The highest BCUT2D eigenvalue weighted by Gasteiger charge is 2.28. The number of nitro benzene ring substituents is 1. The van der Waals surface area contributed by atoms with Crippen LogP contribution in [-0.4, -0.2) is 48.2 Å². The van der Waals surface area contributed by atoms with Gasteiger partial charge < -0.3 is 15.4 Å². The number of halogens is 3. The summed E-state index contributed by atoms with van der Waals surface area (Å²) in [6, 6.07) is 2.29. The molecule has 0 spiro atoms. The lowest BCUT2D eigenvalue weighted by Crippen LogP contribution is -2.44. The Balaban J connectivity index is 1.88. The van der Waals surface area contributed by atoms with Gasteiger partial charge in [0.15, 0.2) is 6.61 Å². The summed E-state index contributed by atoms with van der Waals surface area (Å²) in [7, 11) is 0. The number of carbonyl (C=O) groups excluding carboxylic acids is 3. The number of anilines is 1. The number of carbonyl (C=O) groups is 3. The van der Waals surface area contributed by atoms with Gasteiger partial charge in [0.1, 0.15) is 12.2 Å². The van der Waals surface area contributed by atoms with Gasteiger partial charge in [0.05, 0.1) is 10.5 Å². The molecule has 0 aliphatic heterocycles. The molecule has 2 rings (SSSR count). The molecular weight excluding hydrogens is 389 g/mol. The van der Waals surface area contributed by atoms with E-state index < -0.39 is 42.2 Å². The number of imide groups is 1. The first-order valence-electron chi connectivity index (χ1n) is 7.91. The van der Waals surface area contributed by atoms with Crippen molar-refractivity contribution in [3.05, 3.63) is 33.9 Å². The molecule has 1 aliphatic rings. The number of nitrogens with zero attached hydrogens (tertiary/aromatic N) is 1. The first-order chi connectivity index (χ1) is 13.0. The molecule has 1 aromatic carbocycles. The van der Waals surface area contributed by atoms with Crippen LogP contribution in [0, 0.1) is 10.1 Å². The van der Waals surface area contributed by atoms with Gasteiger partial charge in [-0.1, -0.05) is 0 Å². The molecule has 0 saturated heterocycles. The number of amides is 3. The van der Waals surface area contributed by atoms with Gasteiger partial charge in [0.2, 0.25) is 0 Å². The summed E-state index contributed by atoms with van der Waals surface area (Å²) >= 11 is 0. The third-order valence-corrected chi connectivity index (χ3v) is 3.40. The number of nitrogens with one attached hydrogen (secondary N) is 3. The van der Waals surface area contributed by atoms with Gasteiger partial charge in [0, 0.05) is 12.1 Å². The van der Waals surface area contributed by atoms with Crippen molar-refractivity contribution in [2.75, 3.05) is 18.5 Å². The molecular formula is C15H15F3N4O6. The number of rotatable bonds is 7. The predicted molar refractivity (Wildman–Crippen MR) is 87.6 cm³/mol. The minimum atomic E-state index is -4.65. The molecule has 13 heteroatoms. The number of hydrogen-bond acceptors (Lipinski definition) is 7. The van der Waals surface area contributed by atoms with Gasteiger partial charge >= 0.3 is 18.2 Å². The average molecular weight is 404 g/mol. The van der Waals surface area contributed by atoms with Crippen LogP contribution in [0.1, 0.15) is 23.2 Å². The Labute approximate surface area is 155 Å². The highest BCUT2D eigenvalue weighted by Crippen LogP contribution is 2.31. The topological polar surface area (TPSA) is 140 Å². The van der Waals surface area contributed by atoms with Crippen molar-refractivity contribution < 1.29 is 37.2 Å². The van der Waals surface area contributed by atoms with E-state index in [0.717, 1.165) is 18.9 Å². The lowest BCUT2D eigenvalue weighted by molar-refractivity contribution is -0.384. The maximum absolute atomic E-state index is 11.9. The minimum absolute atomic E-state index is 0.142. The van der Waals surface area contributed by atoms with Crippen LogP contribution < -0.4 is 16.0 Å². The Morgan fingerprint density at radius 1 is 1.25 bits per heavy atom. The van der Waals surface area contributed by atoms with Crippen molar-refractivity contribution in [3.63, 3.8) is 0 Å². The van der Waals surface area contributed by atoms with Crippen LogP contribution in [0.4, 0.5) is 29.3 Å². The van der Waals surface area contributed by atoms with Crippen molar-refractivity contribution >= 4 is 29.3 Å². The monoisotopic (exact) mass is 404 g/mol. The molecule has 1 aromatic rings. The molecule has 0 atom stereocenters. The molecule has 0 radical (unpaired) electrons. The van der Waals surface area contributed by atoms with Crippen LogP contribution in [-0.2, 0) is 9.53 Å². The maximum Gasteiger partial charge on any atom is 0.405 e. The third-order valence-electron chi connectivity index (χ3n) is 3.40. The first-order valence-corrected chi connectivity index (χ1v) is 7.91. The smallest absolute Gasteiger partial charge is 0.405 e. The van der Waals surface area contributed by atoms with Crippen LogP contribution >= 0.6 is 0 Å². The first kappa shape index (κ1) is 20.9. The van der Waals surface area contributed by atoms with Crippen LogP contribution in [0.3, 0.4) is 0 Å². The van der Waals surface area contributed by atoms with Crippen molar-refractivity contribution in [2.24, 2.45) is 0 Å². The number of ether oxygens (including phenoxy) is 1. The fourth-order valence-electron chi connectivity index (χ4n) is 1.98. The predicted octanol–water partition coefficient (Wildman–Crippen LogP) is 1.71. The number of alkyl halides is 3. The molecule has 0 heterocycles. The standard InChI is InChI=1S/C15H15F3N4O6/c16-15(17,18)7-19-14(25)21-12(23)6-28-13(24)8-1-4-10(20-9-2-3-9)11(5-8)22(26)27/h1,4-5,9,20H,2-3,6-7H2,(H2,19,21,23,25). The summed E-state index contributed by atoms with van der Waals surface area (Å²) in [6.45, 7) is -2.61. The Morgan fingerprint density at radius 3 is 2.50 bits per heavy atom. The lowest BCUT2D eigenvalue weighted by atomic mass is 10.1. The van der Waals surface area contributed by atoms with Gasteiger partial charge in [-0.05, 0) is 25.0 Å². The number of benzene rings is 1. The molecule has 1 aliphatic carbocycles. The minimum Gasteiger partial charge on any atom is -0.452 e. The normalized spacial score (nSPS) is 13.4. The summed E-state index contributed by atoms with van der Waals surface area (Å²) in [5.41, 5.74) is -0.317. The zero-order chi connectivity index (χ0) is 20.9. The molecule has 1 saturated carbocycles. The van der Waals surface area contributed by atoms with Gasteiger partial charge in [-0.25, -0.2) is 9.59 Å². The van der Waals surface area contributed by atoms with E-state index in [9.17, 15) is 37.7 Å². The van der Waals surface area contributed by atoms with E-state index >= 15 is 0 Å². The number of urea groups is 1. The van der Waals surface area contributed by atoms with E-state index in [-0.39, 0.29) is 23.0 Å². The summed E-state index contributed by atoms with van der Waals surface area (Å²) < 4.78 is 40.4. The maximum atomic E-state index is 11.9. The summed E-state index contributed by atoms with van der Waals surface area (Å²) in [6.07, 6.45) is -2.89. The average Bonchev–Trinajstić information content (AvgIpc) is 3.41. The number of nitro groups is 1. The molecule has 152 valence electrons. The largest absolute Gasteiger partial charge is 0.452 e. The highest BCUT2D eigenvalue weighted by atomic mass is 19.4. The number of esters is 1. The second-order valence-corrected chi connectivity index (χ2v) is 5.83. The molecule has 0 aromatic heterocycles. The molecule has 1 fully saturated rings. The van der Waals surface area contributed by atoms with E-state index in [2.05, 4.69) is 10.1 Å². The fraction of sp³-hybridized carbons (Fsp3) is 0.400. The Kier molecular flexibility index (Phi) is 6.38.